The molecule has 1 aliphatic rings. The number of carbonyl (C=O) groups excluding carboxylic acids is 1. The number of imidazole rings is 1. The van der Waals surface area contributed by atoms with Gasteiger partial charge in [0.2, 0.25) is 0 Å². The number of nitrogens with zero attached hydrogens (tertiary/aromatic N) is 2. The van der Waals surface area contributed by atoms with Gasteiger partial charge in [-0.3, -0.25) is 4.79 Å². The Morgan fingerprint density at radius 3 is 2.45 bits per heavy atom. The number of ether oxygens (including phenoxy) is 2. The van der Waals surface area contributed by atoms with E-state index in [2.05, 4.69) is 9.97 Å². The summed E-state index contributed by atoms with van der Waals surface area (Å²) in [5, 5.41) is 0. The number of para-hydroxylation sites is 2. The number of nitrogens with one attached hydrogen (secondary N) is 1. The van der Waals surface area contributed by atoms with Crippen LogP contribution in [-0.2, 0) is 16.1 Å². The zero-order chi connectivity index (χ0) is 22.5. The predicted molar refractivity (Wildman–Crippen MR) is 129 cm³/mol. The maximum absolute atomic E-state index is 13.4. The highest BCUT2D eigenvalue weighted by atomic mass is 16.5. The second-order valence-corrected chi connectivity index (χ2v) is 7.91. The van der Waals surface area contributed by atoms with E-state index in [4.69, 9.17) is 9.47 Å². The number of aromatic nitrogens is 2. The van der Waals surface area contributed by atoms with Crippen LogP contribution in [0.15, 0.2) is 78.9 Å². The molecule has 0 spiro atoms. The number of carbonyl (C=O) groups is 1. The van der Waals surface area contributed by atoms with E-state index in [0.29, 0.717) is 44.3 Å². The zero-order valence-electron chi connectivity index (χ0n) is 18.2. The predicted octanol–water partition coefficient (Wildman–Crippen LogP) is 4.54. The highest BCUT2D eigenvalue weighted by molar-refractivity contribution is 6.23. The van der Waals surface area contributed by atoms with Crippen molar-refractivity contribution < 1.29 is 14.3 Å². The Kier molecular flexibility index (Phi) is 6.17. The van der Waals surface area contributed by atoms with Gasteiger partial charge in [0.05, 0.1) is 29.8 Å². The zero-order valence-corrected chi connectivity index (χ0v) is 18.2. The molecule has 0 atom stereocenters. The van der Waals surface area contributed by atoms with Crippen LogP contribution < -0.4 is 4.74 Å². The first-order valence-electron chi connectivity index (χ1n) is 11.1. The van der Waals surface area contributed by atoms with Gasteiger partial charge < -0.3 is 19.4 Å². The van der Waals surface area contributed by atoms with Gasteiger partial charge in [-0.05, 0) is 41.5 Å². The van der Waals surface area contributed by atoms with E-state index >= 15 is 0 Å². The van der Waals surface area contributed by atoms with E-state index in [9.17, 15) is 4.79 Å². The lowest BCUT2D eigenvalue weighted by Gasteiger charge is -2.27. The average Bonchev–Trinajstić information content (AvgIpc) is 3.31. The number of H-pyrrole nitrogens is 1. The van der Waals surface area contributed by atoms with Gasteiger partial charge in [0.15, 0.2) is 0 Å². The summed E-state index contributed by atoms with van der Waals surface area (Å²) in [5.41, 5.74) is 4.28. The molecule has 1 fully saturated rings. The number of fused-ring (bicyclic) bond motifs is 1. The summed E-state index contributed by atoms with van der Waals surface area (Å²) in [7, 11) is 0. The number of rotatable bonds is 6. The topological polar surface area (TPSA) is 67.5 Å². The Labute approximate surface area is 192 Å². The fraction of sp³-hybridized carbons (Fsp3) is 0.185. The van der Waals surface area contributed by atoms with Gasteiger partial charge in [-0.25, -0.2) is 4.98 Å². The molecule has 0 radical (unpaired) electrons. The minimum Gasteiger partial charge on any atom is -0.489 e. The number of aromatic amines is 1. The Morgan fingerprint density at radius 2 is 1.70 bits per heavy atom. The Morgan fingerprint density at radius 1 is 0.970 bits per heavy atom. The SMILES string of the molecule is O=C(C(=Cc1ccc(OCc2ccccc2)cc1)c1nc2ccccc2[nH]1)N1CCOCC1. The largest absolute Gasteiger partial charge is 0.489 e. The molecule has 1 N–H and O–H groups in total. The monoisotopic (exact) mass is 439 g/mol. The number of benzene rings is 3. The molecule has 1 amide bonds. The van der Waals surface area contributed by atoms with Crippen molar-refractivity contribution in [2.75, 3.05) is 26.3 Å². The Hall–Kier alpha value is -3.90. The minimum atomic E-state index is -0.0539. The molecule has 33 heavy (non-hydrogen) atoms. The summed E-state index contributed by atoms with van der Waals surface area (Å²) in [6.45, 7) is 2.75. The summed E-state index contributed by atoms with van der Waals surface area (Å²) in [4.78, 5) is 23.2. The van der Waals surface area contributed by atoms with E-state index in [0.717, 1.165) is 27.9 Å². The lowest BCUT2D eigenvalue weighted by molar-refractivity contribution is -0.128. The van der Waals surface area contributed by atoms with E-state index < -0.39 is 0 Å². The van der Waals surface area contributed by atoms with Crippen molar-refractivity contribution >= 4 is 28.6 Å². The lowest BCUT2D eigenvalue weighted by Crippen LogP contribution is -2.41. The van der Waals surface area contributed by atoms with Crippen molar-refractivity contribution in [1.29, 1.82) is 0 Å². The smallest absolute Gasteiger partial charge is 0.257 e. The second-order valence-electron chi connectivity index (χ2n) is 7.91. The van der Waals surface area contributed by atoms with E-state index in [1.807, 2.05) is 89.8 Å². The third-order valence-corrected chi connectivity index (χ3v) is 5.61. The van der Waals surface area contributed by atoms with Crippen molar-refractivity contribution in [1.82, 2.24) is 14.9 Å². The fourth-order valence-corrected chi connectivity index (χ4v) is 3.82. The van der Waals surface area contributed by atoms with Gasteiger partial charge in [-0.1, -0.05) is 54.6 Å². The number of morpholine rings is 1. The first-order chi connectivity index (χ1) is 16.3. The van der Waals surface area contributed by atoms with Gasteiger partial charge in [-0.15, -0.1) is 0 Å². The van der Waals surface area contributed by atoms with Crippen LogP contribution in [0.2, 0.25) is 0 Å². The van der Waals surface area contributed by atoms with Crippen molar-refractivity contribution in [2.24, 2.45) is 0 Å². The molecule has 1 aliphatic heterocycles. The molecular formula is C27H25N3O3. The minimum absolute atomic E-state index is 0.0539. The van der Waals surface area contributed by atoms with Crippen LogP contribution in [-0.4, -0.2) is 47.1 Å². The molecule has 6 heteroatoms. The van der Waals surface area contributed by atoms with E-state index in [1.54, 1.807) is 0 Å². The Balaban J connectivity index is 1.41. The molecule has 0 bridgehead atoms. The molecule has 0 saturated carbocycles. The van der Waals surface area contributed by atoms with Crippen LogP contribution in [0.1, 0.15) is 17.0 Å². The van der Waals surface area contributed by atoms with E-state index in [1.165, 1.54) is 0 Å². The maximum Gasteiger partial charge on any atom is 0.257 e. The second kappa shape index (κ2) is 9.71. The van der Waals surface area contributed by atoms with Gasteiger partial charge in [0.25, 0.3) is 5.91 Å². The van der Waals surface area contributed by atoms with Crippen molar-refractivity contribution in [3.8, 4) is 5.75 Å². The van der Waals surface area contributed by atoms with E-state index in [-0.39, 0.29) is 5.91 Å². The molecule has 2 heterocycles. The van der Waals surface area contributed by atoms with Crippen LogP contribution in [0.4, 0.5) is 0 Å². The molecule has 166 valence electrons. The normalized spacial score (nSPS) is 14.4. The average molecular weight is 440 g/mol. The highest BCUT2D eigenvalue weighted by Gasteiger charge is 2.24. The molecule has 4 aromatic rings. The van der Waals surface area contributed by atoms with Gasteiger partial charge >= 0.3 is 0 Å². The number of hydrogen-bond donors (Lipinski definition) is 1. The first-order valence-corrected chi connectivity index (χ1v) is 11.1. The third kappa shape index (κ3) is 4.96. The van der Waals surface area contributed by atoms with Gasteiger partial charge in [0.1, 0.15) is 18.2 Å². The molecule has 3 aromatic carbocycles. The molecule has 0 unspecified atom stereocenters. The van der Waals surface area contributed by atoms with Crippen molar-refractivity contribution in [3.63, 3.8) is 0 Å². The Bertz CT molecular complexity index is 1220. The highest BCUT2D eigenvalue weighted by Crippen LogP contribution is 2.24. The fourth-order valence-electron chi connectivity index (χ4n) is 3.82. The molecule has 0 aliphatic carbocycles. The van der Waals surface area contributed by atoms with Crippen molar-refractivity contribution in [2.45, 2.75) is 6.61 Å². The number of amides is 1. The first kappa shape index (κ1) is 21.0. The van der Waals surface area contributed by atoms with Crippen LogP contribution >= 0.6 is 0 Å². The van der Waals surface area contributed by atoms with Crippen LogP contribution in [0, 0.1) is 0 Å². The molecule has 6 nitrogen and oxygen atoms in total. The summed E-state index contributed by atoms with van der Waals surface area (Å²) >= 11 is 0. The molecule has 1 aromatic heterocycles. The quantitative estimate of drug-likeness (QED) is 0.448. The number of hydrogen-bond acceptors (Lipinski definition) is 4. The summed E-state index contributed by atoms with van der Waals surface area (Å²) in [5.74, 6) is 1.29. The van der Waals surface area contributed by atoms with Crippen LogP contribution in [0.5, 0.6) is 5.75 Å². The maximum atomic E-state index is 13.4. The lowest BCUT2D eigenvalue weighted by atomic mass is 10.1. The van der Waals surface area contributed by atoms with Crippen LogP contribution in [0.25, 0.3) is 22.7 Å². The van der Waals surface area contributed by atoms with Crippen LogP contribution in [0.3, 0.4) is 0 Å². The standard InChI is InChI=1S/C27H25N3O3/c31-27(30-14-16-32-17-15-30)23(26-28-24-8-4-5-9-25(24)29-26)18-20-10-12-22(13-11-20)33-19-21-6-2-1-3-7-21/h1-13,18H,14-17,19H2,(H,28,29). The van der Waals surface area contributed by atoms with Gasteiger partial charge in [-0.2, -0.15) is 0 Å². The summed E-state index contributed by atoms with van der Waals surface area (Å²) in [6, 6.07) is 25.6. The summed E-state index contributed by atoms with van der Waals surface area (Å²) in [6.07, 6.45) is 1.89. The van der Waals surface area contributed by atoms with Crippen molar-refractivity contribution in [3.05, 3.63) is 95.8 Å². The molecule has 5 rings (SSSR count). The summed E-state index contributed by atoms with van der Waals surface area (Å²) < 4.78 is 11.3. The van der Waals surface area contributed by atoms with Gasteiger partial charge in [0, 0.05) is 13.1 Å². The molecular weight excluding hydrogens is 414 g/mol. The third-order valence-electron chi connectivity index (χ3n) is 5.61. The molecule has 1 saturated heterocycles.